The minimum Gasteiger partial charge on any atom is -0.214 e. The molecule has 84 valence electrons. The van der Waals surface area contributed by atoms with Gasteiger partial charge in [-0.25, -0.2) is 9.97 Å². The third-order valence-corrected chi connectivity index (χ3v) is 2.72. The molecule has 2 heterocycles. The van der Waals surface area contributed by atoms with Gasteiger partial charge in [0.05, 0.1) is 6.20 Å². The van der Waals surface area contributed by atoms with Crippen molar-refractivity contribution in [1.29, 1.82) is 0 Å². The molecule has 0 unspecified atom stereocenters. The van der Waals surface area contributed by atoms with Crippen molar-refractivity contribution >= 4 is 17.2 Å². The maximum absolute atomic E-state index is 5.87. The fourth-order valence-corrected chi connectivity index (χ4v) is 1.85. The highest BCUT2D eigenvalue weighted by Gasteiger charge is 2.08. The highest BCUT2D eigenvalue weighted by atomic mass is 35.5. The van der Waals surface area contributed by atoms with Gasteiger partial charge in [0.15, 0.2) is 11.5 Å². The van der Waals surface area contributed by atoms with Crippen molar-refractivity contribution in [3.8, 4) is 11.4 Å². The van der Waals surface area contributed by atoms with Crippen molar-refractivity contribution in [2.45, 2.75) is 6.92 Å². The lowest BCUT2D eigenvalue weighted by molar-refractivity contribution is 0.881. The maximum atomic E-state index is 5.87. The molecule has 4 nitrogen and oxygen atoms in total. The van der Waals surface area contributed by atoms with Crippen LogP contribution in [0.5, 0.6) is 0 Å². The van der Waals surface area contributed by atoms with Crippen LogP contribution in [-0.4, -0.2) is 19.6 Å². The molecule has 3 rings (SSSR count). The van der Waals surface area contributed by atoms with E-state index in [1.54, 1.807) is 10.7 Å². The van der Waals surface area contributed by atoms with E-state index in [-0.39, 0.29) is 0 Å². The molecule has 1 aromatic carbocycles. The van der Waals surface area contributed by atoms with Gasteiger partial charge in [-0.15, -0.1) is 0 Å². The summed E-state index contributed by atoms with van der Waals surface area (Å²) in [4.78, 5) is 8.72. The molecule has 0 aliphatic rings. The van der Waals surface area contributed by atoms with Crippen LogP contribution in [-0.2, 0) is 0 Å². The summed E-state index contributed by atoms with van der Waals surface area (Å²) in [6.45, 7) is 1.87. The van der Waals surface area contributed by atoms with E-state index < -0.39 is 0 Å². The number of nitrogens with zero attached hydrogens (tertiary/aromatic N) is 4. The standard InChI is InChI=1S/C12H9ClN4/c1-8-15-11-6-7-14-17(11)12(16-8)9-2-4-10(13)5-3-9/h2-7H,1H3. The Morgan fingerprint density at radius 1 is 1.06 bits per heavy atom. The van der Waals surface area contributed by atoms with Crippen molar-refractivity contribution in [1.82, 2.24) is 19.6 Å². The maximum Gasteiger partial charge on any atom is 0.165 e. The normalized spacial score (nSPS) is 10.9. The minimum absolute atomic E-state index is 0.705. The van der Waals surface area contributed by atoms with E-state index >= 15 is 0 Å². The average molecular weight is 245 g/mol. The largest absolute Gasteiger partial charge is 0.214 e. The van der Waals surface area contributed by atoms with Gasteiger partial charge in [-0.1, -0.05) is 11.6 Å². The van der Waals surface area contributed by atoms with Crippen molar-refractivity contribution in [2.24, 2.45) is 0 Å². The molecular formula is C12H9ClN4. The second kappa shape index (κ2) is 3.82. The summed E-state index contributed by atoms with van der Waals surface area (Å²) < 4.78 is 1.72. The number of hydrogen-bond acceptors (Lipinski definition) is 3. The van der Waals surface area contributed by atoms with Gasteiger partial charge < -0.3 is 0 Å². The Bertz CT molecular complexity index is 673. The molecule has 0 fully saturated rings. The van der Waals surface area contributed by atoms with Crippen LogP contribution in [0.1, 0.15) is 5.82 Å². The van der Waals surface area contributed by atoms with Crippen LogP contribution in [0.15, 0.2) is 36.5 Å². The quantitative estimate of drug-likeness (QED) is 0.661. The first-order chi connectivity index (χ1) is 8.24. The molecule has 0 aliphatic carbocycles. The molecule has 17 heavy (non-hydrogen) atoms. The first-order valence-corrected chi connectivity index (χ1v) is 5.56. The third kappa shape index (κ3) is 1.76. The van der Waals surface area contributed by atoms with Gasteiger partial charge in [0, 0.05) is 16.7 Å². The zero-order valence-corrected chi connectivity index (χ0v) is 9.89. The second-order valence-electron chi connectivity index (χ2n) is 3.70. The van der Waals surface area contributed by atoms with Crippen LogP contribution in [0, 0.1) is 6.92 Å². The zero-order valence-electron chi connectivity index (χ0n) is 9.13. The average Bonchev–Trinajstić information content (AvgIpc) is 2.77. The van der Waals surface area contributed by atoms with Crippen LogP contribution >= 0.6 is 11.6 Å². The molecule has 0 atom stereocenters. The lowest BCUT2D eigenvalue weighted by Gasteiger charge is -2.04. The van der Waals surface area contributed by atoms with Gasteiger partial charge in [-0.2, -0.15) is 9.61 Å². The number of rotatable bonds is 1. The van der Waals surface area contributed by atoms with Gasteiger partial charge in [0.1, 0.15) is 5.82 Å². The number of benzene rings is 1. The summed E-state index contributed by atoms with van der Waals surface area (Å²) in [7, 11) is 0. The lowest BCUT2D eigenvalue weighted by atomic mass is 10.2. The Labute approximate surface area is 103 Å². The van der Waals surface area contributed by atoms with E-state index in [0.29, 0.717) is 5.02 Å². The first-order valence-electron chi connectivity index (χ1n) is 5.18. The van der Waals surface area contributed by atoms with E-state index in [2.05, 4.69) is 15.1 Å². The number of hydrogen-bond donors (Lipinski definition) is 0. The molecule has 3 aromatic rings. The zero-order chi connectivity index (χ0) is 11.8. The highest BCUT2D eigenvalue weighted by molar-refractivity contribution is 6.30. The van der Waals surface area contributed by atoms with Crippen molar-refractivity contribution in [3.05, 3.63) is 47.4 Å². The molecule has 0 N–H and O–H groups in total. The number of fused-ring (bicyclic) bond motifs is 1. The molecule has 0 saturated heterocycles. The van der Waals surface area contributed by atoms with Crippen LogP contribution in [0.2, 0.25) is 5.02 Å². The van der Waals surface area contributed by atoms with Gasteiger partial charge in [-0.3, -0.25) is 0 Å². The van der Waals surface area contributed by atoms with Crippen molar-refractivity contribution in [3.63, 3.8) is 0 Å². The SMILES string of the molecule is Cc1nc(-c2ccc(Cl)cc2)n2nccc2n1. The fourth-order valence-electron chi connectivity index (χ4n) is 1.72. The monoisotopic (exact) mass is 244 g/mol. The Balaban J connectivity index is 2.28. The summed E-state index contributed by atoms with van der Waals surface area (Å²) in [5, 5.41) is 4.92. The highest BCUT2D eigenvalue weighted by Crippen LogP contribution is 2.20. The summed E-state index contributed by atoms with van der Waals surface area (Å²) in [5.41, 5.74) is 1.76. The Kier molecular flexibility index (Phi) is 2.30. The second-order valence-corrected chi connectivity index (χ2v) is 4.14. The first kappa shape index (κ1) is 10.2. The number of aromatic nitrogens is 4. The lowest BCUT2D eigenvalue weighted by Crippen LogP contribution is -2.01. The van der Waals surface area contributed by atoms with Crippen LogP contribution in [0.25, 0.3) is 17.0 Å². The molecule has 0 bridgehead atoms. The van der Waals surface area contributed by atoms with E-state index in [0.717, 1.165) is 22.9 Å². The molecule has 0 spiro atoms. The van der Waals surface area contributed by atoms with E-state index in [1.807, 2.05) is 37.3 Å². The Morgan fingerprint density at radius 3 is 2.59 bits per heavy atom. The molecule has 0 amide bonds. The van der Waals surface area contributed by atoms with Gasteiger partial charge in [-0.05, 0) is 31.2 Å². The summed E-state index contributed by atoms with van der Waals surface area (Å²) in [5.74, 6) is 1.50. The van der Waals surface area contributed by atoms with Crippen LogP contribution in [0.4, 0.5) is 0 Å². The summed E-state index contributed by atoms with van der Waals surface area (Å²) in [6.07, 6.45) is 1.71. The third-order valence-electron chi connectivity index (χ3n) is 2.47. The molecule has 0 saturated carbocycles. The predicted molar refractivity (Wildman–Crippen MR) is 66.0 cm³/mol. The summed E-state index contributed by atoms with van der Waals surface area (Å²) >= 11 is 5.87. The molecule has 0 aliphatic heterocycles. The Hall–Kier alpha value is -1.94. The molecule has 2 aromatic heterocycles. The smallest absolute Gasteiger partial charge is 0.165 e. The van der Waals surface area contributed by atoms with Crippen LogP contribution < -0.4 is 0 Å². The number of halogens is 1. The van der Waals surface area contributed by atoms with E-state index in [1.165, 1.54) is 0 Å². The fraction of sp³-hybridized carbons (Fsp3) is 0.0833. The molecule has 5 heteroatoms. The Morgan fingerprint density at radius 2 is 1.82 bits per heavy atom. The van der Waals surface area contributed by atoms with Gasteiger partial charge >= 0.3 is 0 Å². The van der Waals surface area contributed by atoms with Crippen molar-refractivity contribution in [2.75, 3.05) is 0 Å². The van der Waals surface area contributed by atoms with Crippen molar-refractivity contribution < 1.29 is 0 Å². The topological polar surface area (TPSA) is 43.1 Å². The van der Waals surface area contributed by atoms with E-state index in [9.17, 15) is 0 Å². The molecular weight excluding hydrogens is 236 g/mol. The predicted octanol–water partition coefficient (Wildman–Crippen LogP) is 2.75. The minimum atomic E-state index is 0.705. The number of aryl methyl sites for hydroxylation is 1. The van der Waals surface area contributed by atoms with Gasteiger partial charge in [0.2, 0.25) is 0 Å². The molecule has 0 radical (unpaired) electrons. The summed E-state index contributed by atoms with van der Waals surface area (Å²) in [6, 6.07) is 9.37. The van der Waals surface area contributed by atoms with Gasteiger partial charge in [0.25, 0.3) is 0 Å². The van der Waals surface area contributed by atoms with E-state index in [4.69, 9.17) is 11.6 Å². The van der Waals surface area contributed by atoms with Crippen LogP contribution in [0.3, 0.4) is 0 Å².